The number of Topliss-reactive ketones (excluding diaryl/α,β-unsaturated/α-hetero) is 2. The van der Waals surface area contributed by atoms with Gasteiger partial charge in [0.05, 0.1) is 0 Å². The second-order valence-corrected chi connectivity index (χ2v) is 5.68. The summed E-state index contributed by atoms with van der Waals surface area (Å²) in [6, 6.07) is 11.8. The van der Waals surface area contributed by atoms with Crippen LogP contribution in [0.4, 0.5) is 0 Å². The molecule has 19 heavy (non-hydrogen) atoms. The Hall–Kier alpha value is -1.96. The number of hydrogen-bond donors (Lipinski definition) is 0. The SMILES string of the molecule is CC1(C)C(=O)CCC(=O)c2c1ccc1ccccc21. The summed E-state index contributed by atoms with van der Waals surface area (Å²) in [5, 5.41) is 2.02. The molecule has 2 aromatic rings. The number of carbonyl (C=O) groups is 2. The van der Waals surface area contributed by atoms with Crippen LogP contribution in [-0.4, -0.2) is 11.6 Å². The van der Waals surface area contributed by atoms with Gasteiger partial charge in [0.25, 0.3) is 0 Å². The number of fused-ring (bicyclic) bond motifs is 3. The molecular formula is C17H16O2. The number of carbonyl (C=O) groups excluding carboxylic acids is 2. The van der Waals surface area contributed by atoms with E-state index in [4.69, 9.17) is 0 Å². The lowest BCUT2D eigenvalue weighted by Gasteiger charge is -2.24. The van der Waals surface area contributed by atoms with Gasteiger partial charge in [-0.1, -0.05) is 36.4 Å². The molecule has 0 radical (unpaired) electrons. The van der Waals surface area contributed by atoms with Gasteiger partial charge < -0.3 is 0 Å². The first kappa shape index (κ1) is 12.1. The fourth-order valence-corrected chi connectivity index (χ4v) is 2.91. The van der Waals surface area contributed by atoms with Crippen molar-refractivity contribution in [3.05, 3.63) is 47.5 Å². The van der Waals surface area contributed by atoms with Crippen LogP contribution in [0, 0.1) is 0 Å². The number of rotatable bonds is 0. The van der Waals surface area contributed by atoms with E-state index >= 15 is 0 Å². The highest BCUT2D eigenvalue weighted by molar-refractivity contribution is 6.13. The maximum atomic E-state index is 12.4. The van der Waals surface area contributed by atoms with Crippen molar-refractivity contribution in [1.82, 2.24) is 0 Å². The molecule has 2 heteroatoms. The van der Waals surface area contributed by atoms with E-state index < -0.39 is 5.41 Å². The Morgan fingerprint density at radius 2 is 1.68 bits per heavy atom. The van der Waals surface area contributed by atoms with Crippen LogP contribution in [0.2, 0.25) is 0 Å². The van der Waals surface area contributed by atoms with Crippen LogP contribution in [0.15, 0.2) is 36.4 Å². The number of hydrogen-bond acceptors (Lipinski definition) is 2. The fourth-order valence-electron chi connectivity index (χ4n) is 2.91. The monoisotopic (exact) mass is 252 g/mol. The Balaban J connectivity index is 2.42. The van der Waals surface area contributed by atoms with E-state index in [9.17, 15) is 9.59 Å². The number of benzene rings is 2. The highest BCUT2D eigenvalue weighted by Crippen LogP contribution is 2.36. The molecule has 96 valence electrons. The Bertz CT molecular complexity index is 695. The summed E-state index contributed by atoms with van der Waals surface area (Å²) in [5.74, 6) is 0.237. The summed E-state index contributed by atoms with van der Waals surface area (Å²) in [4.78, 5) is 24.6. The Labute approximate surface area is 112 Å². The van der Waals surface area contributed by atoms with Crippen molar-refractivity contribution in [2.45, 2.75) is 32.1 Å². The first-order chi connectivity index (χ1) is 9.01. The normalized spacial score (nSPS) is 18.2. The van der Waals surface area contributed by atoms with Gasteiger partial charge >= 0.3 is 0 Å². The summed E-state index contributed by atoms with van der Waals surface area (Å²) in [6.45, 7) is 3.84. The lowest BCUT2D eigenvalue weighted by molar-refractivity contribution is -0.123. The molecule has 0 aromatic heterocycles. The van der Waals surface area contributed by atoms with Crippen LogP contribution < -0.4 is 0 Å². The van der Waals surface area contributed by atoms with Crippen molar-refractivity contribution in [2.75, 3.05) is 0 Å². The van der Waals surface area contributed by atoms with Gasteiger partial charge in [-0.05, 0) is 30.2 Å². The fraction of sp³-hybridized carbons (Fsp3) is 0.294. The van der Waals surface area contributed by atoms with Crippen LogP contribution in [0.1, 0.15) is 42.6 Å². The molecule has 0 spiro atoms. The molecule has 1 aliphatic carbocycles. The second-order valence-electron chi connectivity index (χ2n) is 5.68. The molecule has 0 bridgehead atoms. The van der Waals surface area contributed by atoms with Gasteiger partial charge in [-0.25, -0.2) is 0 Å². The van der Waals surface area contributed by atoms with E-state index in [-0.39, 0.29) is 11.6 Å². The summed E-state index contributed by atoms with van der Waals surface area (Å²) in [5.41, 5.74) is 1.04. The molecule has 0 N–H and O–H groups in total. The van der Waals surface area contributed by atoms with E-state index in [1.54, 1.807) is 0 Å². The molecule has 0 amide bonds. The van der Waals surface area contributed by atoms with Crippen LogP contribution in [-0.2, 0) is 10.2 Å². The smallest absolute Gasteiger partial charge is 0.164 e. The predicted octanol–water partition coefficient (Wildman–Crippen LogP) is 3.66. The van der Waals surface area contributed by atoms with Crippen LogP contribution >= 0.6 is 0 Å². The average molecular weight is 252 g/mol. The van der Waals surface area contributed by atoms with Crippen LogP contribution in [0.25, 0.3) is 10.8 Å². The molecule has 1 aliphatic rings. The van der Waals surface area contributed by atoms with Gasteiger partial charge in [0.2, 0.25) is 0 Å². The third kappa shape index (κ3) is 1.71. The highest BCUT2D eigenvalue weighted by atomic mass is 16.1. The summed E-state index contributed by atoms with van der Waals surface area (Å²) >= 11 is 0. The zero-order chi connectivity index (χ0) is 13.6. The lowest BCUT2D eigenvalue weighted by atomic mass is 9.78. The molecule has 0 saturated carbocycles. The standard InChI is InChI=1S/C17H16O2/c1-17(2)13-8-7-11-5-3-4-6-12(11)16(13)14(18)9-10-15(17)19/h3-8H,9-10H2,1-2H3. The molecule has 0 fully saturated rings. The third-order valence-electron chi connectivity index (χ3n) is 4.16. The minimum atomic E-state index is -0.578. The minimum Gasteiger partial charge on any atom is -0.299 e. The molecule has 0 saturated heterocycles. The predicted molar refractivity (Wildman–Crippen MR) is 75.5 cm³/mol. The Kier molecular flexibility index (Phi) is 2.56. The molecule has 3 rings (SSSR count). The second kappa shape index (κ2) is 4.02. The van der Waals surface area contributed by atoms with Crippen molar-refractivity contribution in [1.29, 1.82) is 0 Å². The largest absolute Gasteiger partial charge is 0.299 e. The molecule has 0 unspecified atom stereocenters. The molecule has 0 atom stereocenters. The van der Waals surface area contributed by atoms with E-state index in [1.807, 2.05) is 50.2 Å². The number of ketones is 2. The van der Waals surface area contributed by atoms with Gasteiger partial charge in [0.15, 0.2) is 5.78 Å². The van der Waals surface area contributed by atoms with Gasteiger partial charge in [0, 0.05) is 23.8 Å². The Morgan fingerprint density at radius 1 is 0.947 bits per heavy atom. The summed E-state index contributed by atoms with van der Waals surface area (Å²) < 4.78 is 0. The van der Waals surface area contributed by atoms with Crippen molar-refractivity contribution < 1.29 is 9.59 Å². The molecule has 0 aliphatic heterocycles. The molecule has 2 nitrogen and oxygen atoms in total. The van der Waals surface area contributed by atoms with E-state index in [0.29, 0.717) is 12.8 Å². The van der Waals surface area contributed by atoms with Crippen molar-refractivity contribution in [3.8, 4) is 0 Å². The summed E-state index contributed by atoms with van der Waals surface area (Å²) in [7, 11) is 0. The van der Waals surface area contributed by atoms with Crippen molar-refractivity contribution in [2.24, 2.45) is 0 Å². The minimum absolute atomic E-state index is 0.0886. The molecule has 2 aromatic carbocycles. The zero-order valence-electron chi connectivity index (χ0n) is 11.2. The maximum absolute atomic E-state index is 12.4. The van der Waals surface area contributed by atoms with Crippen LogP contribution in [0.3, 0.4) is 0 Å². The van der Waals surface area contributed by atoms with Crippen molar-refractivity contribution in [3.63, 3.8) is 0 Å². The van der Waals surface area contributed by atoms with Gasteiger partial charge in [-0.15, -0.1) is 0 Å². The molecule has 0 heterocycles. The van der Waals surface area contributed by atoms with Gasteiger partial charge in [0.1, 0.15) is 5.78 Å². The maximum Gasteiger partial charge on any atom is 0.164 e. The van der Waals surface area contributed by atoms with Gasteiger partial charge in [-0.2, -0.15) is 0 Å². The van der Waals surface area contributed by atoms with E-state index in [2.05, 4.69) is 0 Å². The molecular weight excluding hydrogens is 236 g/mol. The zero-order valence-corrected chi connectivity index (χ0v) is 11.2. The van der Waals surface area contributed by atoms with Crippen molar-refractivity contribution >= 4 is 22.3 Å². The van der Waals surface area contributed by atoms with E-state index in [0.717, 1.165) is 21.9 Å². The van der Waals surface area contributed by atoms with Crippen LogP contribution in [0.5, 0.6) is 0 Å². The summed E-state index contributed by atoms with van der Waals surface area (Å²) in [6.07, 6.45) is 0.665. The van der Waals surface area contributed by atoms with Gasteiger partial charge in [-0.3, -0.25) is 9.59 Å². The average Bonchev–Trinajstić information content (AvgIpc) is 2.50. The Morgan fingerprint density at radius 3 is 2.47 bits per heavy atom. The quantitative estimate of drug-likeness (QED) is 0.670. The van der Waals surface area contributed by atoms with E-state index in [1.165, 1.54) is 0 Å². The first-order valence-corrected chi connectivity index (χ1v) is 6.60. The third-order valence-corrected chi connectivity index (χ3v) is 4.16. The topological polar surface area (TPSA) is 34.1 Å². The first-order valence-electron chi connectivity index (χ1n) is 6.60. The lowest BCUT2D eigenvalue weighted by Crippen LogP contribution is -2.28. The highest BCUT2D eigenvalue weighted by Gasteiger charge is 2.36.